The molecular formula is C15H10Cl4N2OS. The van der Waals surface area contributed by atoms with Crippen LogP contribution in [-0.2, 0) is 11.2 Å². The summed E-state index contributed by atoms with van der Waals surface area (Å²) in [6.45, 7) is 0. The normalized spacial score (nSPS) is 10.3. The number of carbonyl (C=O) groups is 1. The first-order chi connectivity index (χ1) is 10.8. The molecule has 0 aliphatic carbocycles. The Kier molecular flexibility index (Phi) is 6.50. The molecular weight excluding hydrogens is 398 g/mol. The summed E-state index contributed by atoms with van der Waals surface area (Å²) in [6, 6.07) is 10.0. The third kappa shape index (κ3) is 5.52. The predicted octanol–water partition coefficient (Wildman–Crippen LogP) is 5.36. The third-order valence-electron chi connectivity index (χ3n) is 2.79. The first kappa shape index (κ1) is 18.3. The fourth-order valence-electron chi connectivity index (χ4n) is 1.73. The molecule has 2 rings (SSSR count). The second kappa shape index (κ2) is 8.18. The molecule has 0 saturated carbocycles. The highest BCUT2D eigenvalue weighted by Gasteiger charge is 2.10. The zero-order chi connectivity index (χ0) is 17.0. The van der Waals surface area contributed by atoms with Crippen molar-refractivity contribution in [1.29, 1.82) is 0 Å². The van der Waals surface area contributed by atoms with Crippen molar-refractivity contribution in [3.8, 4) is 0 Å². The van der Waals surface area contributed by atoms with Crippen LogP contribution in [0.2, 0.25) is 20.1 Å². The van der Waals surface area contributed by atoms with E-state index in [2.05, 4.69) is 10.6 Å². The Morgan fingerprint density at radius 3 is 2.22 bits per heavy atom. The van der Waals surface area contributed by atoms with Gasteiger partial charge in [0.15, 0.2) is 5.11 Å². The summed E-state index contributed by atoms with van der Waals surface area (Å²) in [5, 5.41) is 7.10. The van der Waals surface area contributed by atoms with Crippen LogP contribution in [0.25, 0.3) is 0 Å². The van der Waals surface area contributed by atoms with Gasteiger partial charge < -0.3 is 10.6 Å². The van der Waals surface area contributed by atoms with Gasteiger partial charge in [-0.05, 0) is 42.0 Å². The lowest BCUT2D eigenvalue weighted by atomic mass is 10.1. The van der Waals surface area contributed by atoms with Crippen LogP contribution in [0.5, 0.6) is 0 Å². The molecule has 1 amide bonds. The summed E-state index contributed by atoms with van der Waals surface area (Å²) in [6.07, 6.45) is 0.175. The number of thiocarbonyl (C=S) groups is 1. The Balaban J connectivity index is 1.95. The van der Waals surface area contributed by atoms with Gasteiger partial charge in [0.2, 0.25) is 5.91 Å². The maximum Gasteiger partial charge on any atom is 0.230 e. The van der Waals surface area contributed by atoms with Gasteiger partial charge >= 0.3 is 0 Å². The van der Waals surface area contributed by atoms with Gasteiger partial charge in [-0.2, -0.15) is 0 Å². The number of amides is 1. The maximum absolute atomic E-state index is 12.0. The molecule has 0 atom stereocenters. The predicted molar refractivity (Wildman–Crippen MR) is 101 cm³/mol. The minimum absolute atomic E-state index is 0.115. The molecule has 0 saturated heterocycles. The summed E-state index contributed by atoms with van der Waals surface area (Å²) in [4.78, 5) is 12.0. The van der Waals surface area contributed by atoms with Crippen LogP contribution < -0.4 is 10.6 Å². The van der Waals surface area contributed by atoms with E-state index in [-0.39, 0.29) is 17.4 Å². The van der Waals surface area contributed by atoms with E-state index in [4.69, 9.17) is 58.6 Å². The molecule has 0 heterocycles. The van der Waals surface area contributed by atoms with Crippen LogP contribution in [-0.4, -0.2) is 11.0 Å². The standard InChI is InChI=1S/C15H10Cl4N2OS/c16-9-3-1-8(2-4-9)5-14(22)21-15(23)20-13-7-11(18)10(17)6-12(13)19/h1-4,6-7H,5H2,(H2,20,21,22,23). The molecule has 0 radical (unpaired) electrons. The molecule has 2 N–H and O–H groups in total. The highest BCUT2D eigenvalue weighted by atomic mass is 35.5. The fourth-order valence-corrected chi connectivity index (χ4v) is 2.67. The number of hydrogen-bond acceptors (Lipinski definition) is 2. The highest BCUT2D eigenvalue weighted by molar-refractivity contribution is 7.80. The Labute approximate surface area is 158 Å². The molecule has 8 heteroatoms. The number of nitrogens with one attached hydrogen (secondary N) is 2. The lowest BCUT2D eigenvalue weighted by Crippen LogP contribution is -2.35. The quantitative estimate of drug-likeness (QED) is 0.531. The Morgan fingerprint density at radius 2 is 1.57 bits per heavy atom. The van der Waals surface area contributed by atoms with Gasteiger partial charge in [0, 0.05) is 5.02 Å². The molecule has 23 heavy (non-hydrogen) atoms. The molecule has 120 valence electrons. The van der Waals surface area contributed by atoms with Crippen LogP contribution in [0, 0.1) is 0 Å². The molecule has 0 aromatic heterocycles. The summed E-state index contributed by atoms with van der Waals surface area (Å²) in [7, 11) is 0. The monoisotopic (exact) mass is 406 g/mol. The molecule has 0 unspecified atom stereocenters. The van der Waals surface area contributed by atoms with Gasteiger partial charge in [0.1, 0.15) is 0 Å². The molecule has 0 bridgehead atoms. The maximum atomic E-state index is 12.0. The second-order valence-corrected chi connectivity index (χ2v) is 6.62. The van der Waals surface area contributed by atoms with Gasteiger partial charge in [-0.3, -0.25) is 4.79 Å². The second-order valence-electron chi connectivity index (χ2n) is 4.55. The number of carbonyl (C=O) groups excluding carboxylic acids is 1. The first-order valence-corrected chi connectivity index (χ1v) is 8.27. The number of halogens is 4. The molecule has 0 spiro atoms. The van der Waals surface area contributed by atoms with Crippen molar-refractivity contribution in [2.75, 3.05) is 5.32 Å². The topological polar surface area (TPSA) is 41.1 Å². The zero-order valence-corrected chi connectivity index (χ0v) is 15.3. The van der Waals surface area contributed by atoms with Crippen molar-refractivity contribution in [2.24, 2.45) is 0 Å². The molecule has 3 nitrogen and oxygen atoms in total. The molecule has 0 fully saturated rings. The average molecular weight is 408 g/mol. The smallest absolute Gasteiger partial charge is 0.230 e. The van der Waals surface area contributed by atoms with Crippen LogP contribution in [0.15, 0.2) is 36.4 Å². The molecule has 0 aliphatic rings. The Bertz CT molecular complexity index is 750. The Morgan fingerprint density at radius 1 is 0.957 bits per heavy atom. The summed E-state index contributed by atoms with van der Waals surface area (Å²) >= 11 is 28.7. The highest BCUT2D eigenvalue weighted by Crippen LogP contribution is 2.32. The summed E-state index contributed by atoms with van der Waals surface area (Å²) in [5.41, 5.74) is 1.28. The lowest BCUT2D eigenvalue weighted by Gasteiger charge is -2.12. The van der Waals surface area contributed by atoms with Crippen molar-refractivity contribution in [1.82, 2.24) is 5.32 Å². The van der Waals surface area contributed by atoms with Crippen LogP contribution in [0.3, 0.4) is 0 Å². The largest absolute Gasteiger partial charge is 0.331 e. The average Bonchev–Trinajstić information content (AvgIpc) is 2.47. The Hall–Kier alpha value is -1.04. The van der Waals surface area contributed by atoms with Gasteiger partial charge in [-0.25, -0.2) is 0 Å². The van der Waals surface area contributed by atoms with Gasteiger partial charge in [0.05, 0.1) is 27.2 Å². The van der Waals surface area contributed by atoms with E-state index in [1.807, 2.05) is 0 Å². The minimum Gasteiger partial charge on any atom is -0.331 e. The lowest BCUT2D eigenvalue weighted by molar-refractivity contribution is -0.119. The van der Waals surface area contributed by atoms with Gasteiger partial charge in [-0.1, -0.05) is 58.5 Å². The van der Waals surface area contributed by atoms with Crippen LogP contribution in [0.4, 0.5) is 5.69 Å². The SMILES string of the molecule is O=C(Cc1ccc(Cl)cc1)NC(=S)Nc1cc(Cl)c(Cl)cc1Cl. The van der Waals surface area contributed by atoms with E-state index in [0.717, 1.165) is 5.56 Å². The van der Waals surface area contributed by atoms with Crippen molar-refractivity contribution < 1.29 is 4.79 Å². The summed E-state index contributed by atoms with van der Waals surface area (Å²) in [5.74, 6) is -0.263. The van der Waals surface area contributed by atoms with E-state index >= 15 is 0 Å². The number of hydrogen-bond donors (Lipinski definition) is 2. The molecule has 2 aromatic carbocycles. The molecule has 2 aromatic rings. The minimum atomic E-state index is -0.263. The number of anilines is 1. The van der Waals surface area contributed by atoms with Crippen molar-refractivity contribution in [2.45, 2.75) is 6.42 Å². The number of benzene rings is 2. The van der Waals surface area contributed by atoms with Crippen molar-refractivity contribution in [3.05, 3.63) is 62.1 Å². The third-order valence-corrected chi connectivity index (χ3v) is 4.28. The van der Waals surface area contributed by atoms with Crippen molar-refractivity contribution in [3.63, 3.8) is 0 Å². The summed E-state index contributed by atoms with van der Waals surface area (Å²) < 4.78 is 0. The van der Waals surface area contributed by atoms with Crippen LogP contribution in [0.1, 0.15) is 5.56 Å². The van der Waals surface area contributed by atoms with E-state index in [1.165, 1.54) is 12.1 Å². The zero-order valence-electron chi connectivity index (χ0n) is 11.5. The van der Waals surface area contributed by atoms with E-state index < -0.39 is 0 Å². The first-order valence-electron chi connectivity index (χ1n) is 6.35. The van der Waals surface area contributed by atoms with Crippen molar-refractivity contribution >= 4 is 75.3 Å². The van der Waals surface area contributed by atoms with E-state index in [1.54, 1.807) is 24.3 Å². The van der Waals surface area contributed by atoms with Gasteiger partial charge in [0.25, 0.3) is 0 Å². The van der Waals surface area contributed by atoms with Gasteiger partial charge in [-0.15, -0.1) is 0 Å². The van der Waals surface area contributed by atoms with E-state index in [9.17, 15) is 4.79 Å². The fraction of sp³-hybridized carbons (Fsp3) is 0.0667. The molecule has 0 aliphatic heterocycles. The van der Waals surface area contributed by atoms with Crippen LogP contribution >= 0.6 is 58.6 Å². The number of rotatable bonds is 3. The van der Waals surface area contributed by atoms with E-state index in [0.29, 0.717) is 25.8 Å².